The van der Waals surface area contributed by atoms with E-state index in [0.717, 1.165) is 34.5 Å². The van der Waals surface area contributed by atoms with E-state index in [2.05, 4.69) is 18.2 Å². The van der Waals surface area contributed by atoms with Gasteiger partial charge in [-0.1, -0.05) is 35.9 Å². The van der Waals surface area contributed by atoms with E-state index in [9.17, 15) is 4.79 Å². The second kappa shape index (κ2) is 7.12. The number of ether oxygens (including phenoxy) is 1. The molecular formula is C24H21ClN2O2. The molecule has 0 spiro atoms. The maximum absolute atomic E-state index is 12.7. The first-order chi connectivity index (χ1) is 14.1. The summed E-state index contributed by atoms with van der Waals surface area (Å²) in [6.07, 6.45) is 2.45. The maximum Gasteiger partial charge on any atom is 0.328 e. The summed E-state index contributed by atoms with van der Waals surface area (Å²) in [5.74, 6) is 2.09. The van der Waals surface area contributed by atoms with Crippen LogP contribution in [-0.4, -0.2) is 9.13 Å². The molecule has 1 heterocycles. The molecule has 5 heteroatoms. The fourth-order valence-corrected chi connectivity index (χ4v) is 3.91. The van der Waals surface area contributed by atoms with Crippen LogP contribution in [0.3, 0.4) is 0 Å². The van der Waals surface area contributed by atoms with Gasteiger partial charge >= 0.3 is 5.69 Å². The van der Waals surface area contributed by atoms with E-state index in [-0.39, 0.29) is 5.69 Å². The van der Waals surface area contributed by atoms with E-state index in [1.807, 2.05) is 54.1 Å². The standard InChI is InChI=1S/C24H21ClN2O2/c1-26-23-13-18(10-11-22(23)27(24(26)28)15-16-8-9-16)17-4-2-6-20(12-17)29-21-7-3-5-19(25)14-21/h2-7,10-14,16H,8-9,15H2,1H3. The molecule has 0 aliphatic heterocycles. The predicted molar refractivity (Wildman–Crippen MR) is 117 cm³/mol. The molecule has 4 nitrogen and oxygen atoms in total. The Kier molecular flexibility index (Phi) is 4.44. The normalized spacial score (nSPS) is 13.7. The van der Waals surface area contributed by atoms with E-state index in [4.69, 9.17) is 16.3 Å². The predicted octanol–water partition coefficient (Wildman–Crippen LogP) is 5.86. The zero-order valence-electron chi connectivity index (χ0n) is 16.1. The van der Waals surface area contributed by atoms with Crippen LogP contribution >= 0.6 is 11.6 Å². The first-order valence-corrected chi connectivity index (χ1v) is 10.2. The highest BCUT2D eigenvalue weighted by atomic mass is 35.5. The smallest absolute Gasteiger partial charge is 0.328 e. The van der Waals surface area contributed by atoms with Gasteiger partial charge in [-0.25, -0.2) is 4.79 Å². The lowest BCUT2D eigenvalue weighted by Gasteiger charge is -2.09. The van der Waals surface area contributed by atoms with Crippen molar-refractivity contribution in [1.29, 1.82) is 0 Å². The number of fused-ring (bicyclic) bond motifs is 1. The number of aromatic nitrogens is 2. The molecule has 0 atom stereocenters. The second-order valence-electron chi connectivity index (χ2n) is 7.69. The van der Waals surface area contributed by atoms with Crippen molar-refractivity contribution >= 4 is 22.6 Å². The first-order valence-electron chi connectivity index (χ1n) is 9.81. The minimum atomic E-state index is 0.0575. The number of halogens is 1. The molecule has 1 saturated carbocycles. The highest BCUT2D eigenvalue weighted by molar-refractivity contribution is 6.30. The summed E-state index contributed by atoms with van der Waals surface area (Å²) < 4.78 is 9.62. The number of benzene rings is 3. The lowest BCUT2D eigenvalue weighted by molar-refractivity contribution is 0.483. The largest absolute Gasteiger partial charge is 0.457 e. The zero-order chi connectivity index (χ0) is 20.0. The van der Waals surface area contributed by atoms with Gasteiger partial charge in [-0.15, -0.1) is 0 Å². The first kappa shape index (κ1) is 18.1. The molecule has 0 radical (unpaired) electrons. The van der Waals surface area contributed by atoms with Crippen LogP contribution < -0.4 is 10.4 Å². The highest BCUT2D eigenvalue weighted by Crippen LogP contribution is 2.33. The number of imidazole rings is 1. The van der Waals surface area contributed by atoms with Gasteiger partial charge in [0.2, 0.25) is 0 Å². The number of aryl methyl sites for hydroxylation is 1. The van der Waals surface area contributed by atoms with Crippen molar-refractivity contribution in [2.75, 3.05) is 0 Å². The topological polar surface area (TPSA) is 36.2 Å². The SMILES string of the molecule is Cn1c(=O)n(CC2CC2)c2ccc(-c3cccc(Oc4cccc(Cl)c4)c3)cc21. The summed E-state index contributed by atoms with van der Waals surface area (Å²) in [4.78, 5) is 12.7. The molecule has 3 aromatic carbocycles. The lowest BCUT2D eigenvalue weighted by atomic mass is 10.0. The van der Waals surface area contributed by atoms with Gasteiger partial charge in [0.15, 0.2) is 0 Å². The number of rotatable bonds is 5. The fraction of sp³-hybridized carbons (Fsp3) is 0.208. The summed E-state index contributed by atoms with van der Waals surface area (Å²) >= 11 is 6.05. The number of nitrogens with zero attached hydrogens (tertiary/aromatic N) is 2. The molecule has 146 valence electrons. The van der Waals surface area contributed by atoms with Crippen LogP contribution in [0.25, 0.3) is 22.2 Å². The number of hydrogen-bond acceptors (Lipinski definition) is 2. The fourth-order valence-electron chi connectivity index (χ4n) is 3.73. The van der Waals surface area contributed by atoms with Crippen molar-refractivity contribution in [2.45, 2.75) is 19.4 Å². The molecule has 29 heavy (non-hydrogen) atoms. The molecule has 4 aromatic rings. The lowest BCUT2D eigenvalue weighted by Crippen LogP contribution is -2.22. The van der Waals surface area contributed by atoms with Gasteiger partial charge in [-0.05, 0) is 72.4 Å². The third kappa shape index (κ3) is 3.56. The van der Waals surface area contributed by atoms with Crippen LogP contribution in [0.1, 0.15) is 12.8 Å². The summed E-state index contributed by atoms with van der Waals surface area (Å²) in [6, 6.07) is 21.5. The number of hydrogen-bond donors (Lipinski definition) is 0. The van der Waals surface area contributed by atoms with Crippen LogP contribution in [-0.2, 0) is 13.6 Å². The van der Waals surface area contributed by atoms with Crippen LogP contribution in [0.5, 0.6) is 11.5 Å². The van der Waals surface area contributed by atoms with Crippen LogP contribution in [0.2, 0.25) is 5.02 Å². The van der Waals surface area contributed by atoms with Crippen LogP contribution in [0.15, 0.2) is 71.5 Å². The average Bonchev–Trinajstić information content (AvgIpc) is 3.51. The van der Waals surface area contributed by atoms with Crippen molar-refractivity contribution in [3.63, 3.8) is 0 Å². The Hall–Kier alpha value is -2.98. The van der Waals surface area contributed by atoms with Crippen molar-refractivity contribution in [2.24, 2.45) is 13.0 Å². The Labute approximate surface area is 173 Å². The average molecular weight is 405 g/mol. The molecule has 0 saturated heterocycles. The van der Waals surface area contributed by atoms with E-state index < -0.39 is 0 Å². The molecule has 0 amide bonds. The summed E-state index contributed by atoms with van der Waals surface area (Å²) in [5, 5.41) is 0.640. The van der Waals surface area contributed by atoms with E-state index in [0.29, 0.717) is 16.7 Å². The van der Waals surface area contributed by atoms with Crippen molar-refractivity contribution in [3.8, 4) is 22.6 Å². The summed E-state index contributed by atoms with van der Waals surface area (Å²) in [6.45, 7) is 0.818. The molecule has 1 aliphatic rings. The minimum Gasteiger partial charge on any atom is -0.457 e. The Morgan fingerprint density at radius 3 is 2.41 bits per heavy atom. The molecule has 0 unspecified atom stereocenters. The molecule has 1 aliphatic carbocycles. The molecule has 0 bridgehead atoms. The second-order valence-corrected chi connectivity index (χ2v) is 8.12. The van der Waals surface area contributed by atoms with Gasteiger partial charge < -0.3 is 4.74 Å². The Morgan fingerprint density at radius 1 is 0.931 bits per heavy atom. The third-order valence-electron chi connectivity index (χ3n) is 5.48. The van der Waals surface area contributed by atoms with Crippen molar-refractivity contribution in [1.82, 2.24) is 9.13 Å². The Bertz CT molecular complexity index is 1270. The van der Waals surface area contributed by atoms with E-state index in [1.54, 1.807) is 10.6 Å². The maximum atomic E-state index is 12.7. The van der Waals surface area contributed by atoms with Gasteiger partial charge in [0, 0.05) is 18.6 Å². The third-order valence-corrected chi connectivity index (χ3v) is 5.72. The van der Waals surface area contributed by atoms with Gasteiger partial charge in [-0.3, -0.25) is 9.13 Å². The van der Waals surface area contributed by atoms with Gasteiger partial charge in [-0.2, -0.15) is 0 Å². The monoisotopic (exact) mass is 404 g/mol. The van der Waals surface area contributed by atoms with Gasteiger partial charge in [0.1, 0.15) is 11.5 Å². The zero-order valence-corrected chi connectivity index (χ0v) is 16.9. The highest BCUT2D eigenvalue weighted by Gasteiger charge is 2.24. The van der Waals surface area contributed by atoms with Crippen molar-refractivity contribution in [3.05, 3.63) is 82.2 Å². The Morgan fingerprint density at radius 2 is 1.66 bits per heavy atom. The molecule has 5 rings (SSSR count). The summed E-state index contributed by atoms with van der Waals surface area (Å²) in [7, 11) is 1.84. The minimum absolute atomic E-state index is 0.0575. The van der Waals surface area contributed by atoms with Gasteiger partial charge in [0.05, 0.1) is 11.0 Å². The summed E-state index contributed by atoms with van der Waals surface area (Å²) in [5.41, 5.74) is 4.10. The molecule has 0 N–H and O–H groups in total. The van der Waals surface area contributed by atoms with Crippen LogP contribution in [0.4, 0.5) is 0 Å². The van der Waals surface area contributed by atoms with E-state index in [1.165, 1.54) is 12.8 Å². The Balaban J connectivity index is 1.50. The van der Waals surface area contributed by atoms with Crippen molar-refractivity contribution < 1.29 is 4.74 Å². The van der Waals surface area contributed by atoms with E-state index >= 15 is 0 Å². The molecular weight excluding hydrogens is 384 g/mol. The molecule has 1 aromatic heterocycles. The van der Waals surface area contributed by atoms with Gasteiger partial charge in [0.25, 0.3) is 0 Å². The quantitative estimate of drug-likeness (QED) is 0.417. The molecule has 1 fully saturated rings. The van der Waals surface area contributed by atoms with Crippen LogP contribution in [0, 0.1) is 5.92 Å².